The van der Waals surface area contributed by atoms with E-state index in [0.717, 1.165) is 19.3 Å². The van der Waals surface area contributed by atoms with Crippen molar-refractivity contribution in [3.05, 3.63) is 5.89 Å². The third-order valence-corrected chi connectivity index (χ3v) is 3.69. The summed E-state index contributed by atoms with van der Waals surface area (Å²) in [6.45, 7) is 2.64. The zero-order valence-corrected chi connectivity index (χ0v) is 11.4. The monoisotopic (exact) mass is 285 g/mol. The molecule has 1 atom stereocenters. The van der Waals surface area contributed by atoms with E-state index in [1.807, 2.05) is 0 Å². The number of hydrogen-bond acceptors (Lipinski definition) is 7. The highest BCUT2D eigenvalue weighted by Crippen LogP contribution is 2.27. The van der Waals surface area contributed by atoms with Crippen LogP contribution in [-0.2, 0) is 9.53 Å². The Morgan fingerprint density at radius 3 is 3.16 bits per heavy atom. The molecule has 1 fully saturated rings. The Morgan fingerprint density at radius 2 is 2.37 bits per heavy atom. The second kappa shape index (κ2) is 6.55. The van der Waals surface area contributed by atoms with Crippen LogP contribution >= 0.6 is 11.8 Å². The molecular formula is C11H15N3O4S. The molecule has 104 valence electrons. The Morgan fingerprint density at radius 1 is 1.53 bits per heavy atom. The summed E-state index contributed by atoms with van der Waals surface area (Å²) in [6, 6.07) is 0. The van der Waals surface area contributed by atoms with Crippen molar-refractivity contribution in [2.45, 2.75) is 36.7 Å². The average Bonchev–Trinajstić information content (AvgIpc) is 2.76. The maximum Gasteiger partial charge on any atom is 0.396 e. The number of nitrogens with one attached hydrogen (secondary N) is 1. The molecule has 7 nitrogen and oxygen atoms in total. The van der Waals surface area contributed by atoms with Crippen LogP contribution in [0, 0.1) is 0 Å². The topological polar surface area (TPSA) is 94.3 Å². The molecule has 1 aliphatic heterocycles. The third kappa shape index (κ3) is 3.69. The van der Waals surface area contributed by atoms with Gasteiger partial charge in [0.15, 0.2) is 0 Å². The number of thioether (sulfide) groups is 1. The van der Waals surface area contributed by atoms with Gasteiger partial charge in [0.25, 0.3) is 5.22 Å². The summed E-state index contributed by atoms with van der Waals surface area (Å²) < 4.78 is 9.92. The molecule has 1 aromatic rings. The summed E-state index contributed by atoms with van der Waals surface area (Å²) in [7, 11) is 0. The number of esters is 1. The van der Waals surface area contributed by atoms with E-state index in [9.17, 15) is 9.59 Å². The molecule has 8 heteroatoms. The minimum atomic E-state index is -0.646. The van der Waals surface area contributed by atoms with Crippen molar-refractivity contribution in [1.29, 1.82) is 0 Å². The average molecular weight is 285 g/mol. The molecule has 1 N–H and O–H groups in total. The predicted molar refractivity (Wildman–Crippen MR) is 66.8 cm³/mol. The van der Waals surface area contributed by atoms with Crippen LogP contribution in [-0.4, -0.2) is 40.5 Å². The van der Waals surface area contributed by atoms with Crippen molar-refractivity contribution >= 4 is 23.6 Å². The van der Waals surface area contributed by atoms with Gasteiger partial charge in [-0.05, 0) is 19.8 Å². The first-order valence-electron chi connectivity index (χ1n) is 6.15. The number of amides is 1. The first-order valence-corrected chi connectivity index (χ1v) is 7.03. The minimum absolute atomic E-state index is 0.0293. The highest BCUT2D eigenvalue weighted by atomic mass is 32.2. The molecule has 0 aliphatic carbocycles. The van der Waals surface area contributed by atoms with Crippen molar-refractivity contribution < 1.29 is 18.7 Å². The van der Waals surface area contributed by atoms with Crippen molar-refractivity contribution in [3.8, 4) is 0 Å². The van der Waals surface area contributed by atoms with E-state index < -0.39 is 5.97 Å². The van der Waals surface area contributed by atoms with Crippen LogP contribution in [0.2, 0.25) is 0 Å². The molecule has 19 heavy (non-hydrogen) atoms. The number of ether oxygens (including phenoxy) is 1. The van der Waals surface area contributed by atoms with Gasteiger partial charge in [-0.2, -0.15) is 0 Å². The SMILES string of the molecule is CCOC(=O)c1nnc(SC2CCCCNC2=O)o1. The summed E-state index contributed by atoms with van der Waals surface area (Å²) in [5.41, 5.74) is 0. The fourth-order valence-electron chi connectivity index (χ4n) is 1.68. The smallest absolute Gasteiger partial charge is 0.396 e. The van der Waals surface area contributed by atoms with E-state index in [4.69, 9.17) is 9.15 Å². The largest absolute Gasteiger partial charge is 0.459 e. The number of aromatic nitrogens is 2. The first-order chi connectivity index (χ1) is 9.20. The van der Waals surface area contributed by atoms with Gasteiger partial charge in [-0.25, -0.2) is 4.79 Å². The third-order valence-electron chi connectivity index (χ3n) is 2.58. The van der Waals surface area contributed by atoms with Gasteiger partial charge in [-0.1, -0.05) is 23.3 Å². The predicted octanol–water partition coefficient (Wildman–Crippen LogP) is 1.01. The van der Waals surface area contributed by atoms with Gasteiger partial charge < -0.3 is 14.5 Å². The van der Waals surface area contributed by atoms with Crippen LogP contribution in [0.25, 0.3) is 0 Å². The molecule has 2 rings (SSSR count). The molecule has 1 aromatic heterocycles. The van der Waals surface area contributed by atoms with Gasteiger partial charge in [-0.3, -0.25) is 4.79 Å². The highest BCUT2D eigenvalue weighted by Gasteiger charge is 2.25. The molecular weight excluding hydrogens is 270 g/mol. The van der Waals surface area contributed by atoms with E-state index in [1.165, 1.54) is 11.8 Å². The normalized spacial score (nSPS) is 19.6. The molecule has 1 saturated heterocycles. The van der Waals surface area contributed by atoms with E-state index >= 15 is 0 Å². The number of carbonyl (C=O) groups excluding carboxylic acids is 2. The lowest BCUT2D eigenvalue weighted by molar-refractivity contribution is -0.120. The summed E-state index contributed by atoms with van der Waals surface area (Å²) in [4.78, 5) is 23.1. The molecule has 1 amide bonds. The van der Waals surface area contributed by atoms with Gasteiger partial charge in [0.2, 0.25) is 5.91 Å². The van der Waals surface area contributed by atoms with Gasteiger partial charge in [0.05, 0.1) is 11.9 Å². The molecule has 0 spiro atoms. The summed E-state index contributed by atoms with van der Waals surface area (Å²) >= 11 is 1.18. The maximum absolute atomic E-state index is 11.7. The molecule has 0 radical (unpaired) electrons. The zero-order valence-electron chi connectivity index (χ0n) is 10.5. The van der Waals surface area contributed by atoms with Crippen LogP contribution in [0.4, 0.5) is 0 Å². The van der Waals surface area contributed by atoms with Crippen molar-refractivity contribution in [1.82, 2.24) is 15.5 Å². The van der Waals surface area contributed by atoms with Crippen molar-refractivity contribution in [2.24, 2.45) is 0 Å². The minimum Gasteiger partial charge on any atom is -0.459 e. The zero-order chi connectivity index (χ0) is 13.7. The molecule has 0 saturated carbocycles. The summed E-state index contributed by atoms with van der Waals surface area (Å²) in [5.74, 6) is -0.857. The number of nitrogens with zero attached hydrogens (tertiary/aromatic N) is 2. The first kappa shape index (κ1) is 13.9. The Labute approximate surface area is 114 Å². The lowest BCUT2D eigenvalue weighted by Gasteiger charge is -2.08. The van der Waals surface area contributed by atoms with Crippen LogP contribution in [0.1, 0.15) is 36.9 Å². The molecule has 1 unspecified atom stereocenters. The lowest BCUT2D eigenvalue weighted by Crippen LogP contribution is -2.30. The van der Waals surface area contributed by atoms with Crippen molar-refractivity contribution in [3.63, 3.8) is 0 Å². The van der Waals surface area contributed by atoms with Crippen LogP contribution < -0.4 is 5.32 Å². The number of hydrogen-bond donors (Lipinski definition) is 1. The van der Waals surface area contributed by atoms with E-state index in [2.05, 4.69) is 15.5 Å². The summed E-state index contributed by atoms with van der Waals surface area (Å²) in [5, 5.41) is 10.1. The van der Waals surface area contributed by atoms with Gasteiger partial charge in [-0.15, -0.1) is 5.10 Å². The van der Waals surface area contributed by atoms with E-state index in [1.54, 1.807) is 6.92 Å². The quantitative estimate of drug-likeness (QED) is 0.825. The Hall–Kier alpha value is -1.57. The highest BCUT2D eigenvalue weighted by molar-refractivity contribution is 8.00. The standard InChI is InChI=1S/C11H15N3O4S/c1-2-17-10(16)9-13-14-11(18-9)19-7-5-3-4-6-12-8(7)15/h7H,2-6H2,1H3,(H,12,15). The van der Waals surface area contributed by atoms with Gasteiger partial charge in [0.1, 0.15) is 0 Å². The fourth-order valence-corrected chi connectivity index (χ4v) is 2.61. The van der Waals surface area contributed by atoms with Crippen LogP contribution in [0.5, 0.6) is 0 Å². The second-order valence-corrected chi connectivity index (χ2v) is 5.14. The second-order valence-electron chi connectivity index (χ2n) is 3.99. The molecule has 0 aromatic carbocycles. The molecule has 2 heterocycles. The summed E-state index contributed by atoms with van der Waals surface area (Å²) in [6.07, 6.45) is 2.70. The van der Waals surface area contributed by atoms with Gasteiger partial charge in [0, 0.05) is 6.54 Å². The fraction of sp³-hybridized carbons (Fsp3) is 0.636. The van der Waals surface area contributed by atoms with E-state index in [0.29, 0.717) is 6.54 Å². The Balaban J connectivity index is 1.98. The van der Waals surface area contributed by atoms with Crippen LogP contribution in [0.3, 0.4) is 0 Å². The molecule has 1 aliphatic rings. The van der Waals surface area contributed by atoms with Crippen LogP contribution in [0.15, 0.2) is 9.64 Å². The molecule has 0 bridgehead atoms. The number of rotatable bonds is 4. The Kier molecular flexibility index (Phi) is 4.78. The lowest BCUT2D eigenvalue weighted by atomic mass is 10.2. The van der Waals surface area contributed by atoms with Gasteiger partial charge >= 0.3 is 11.9 Å². The maximum atomic E-state index is 11.7. The van der Waals surface area contributed by atoms with Crippen molar-refractivity contribution in [2.75, 3.05) is 13.2 Å². The number of carbonyl (C=O) groups is 2. The van der Waals surface area contributed by atoms with E-state index in [-0.39, 0.29) is 28.9 Å². The Bertz CT molecular complexity index is 463.